The van der Waals surface area contributed by atoms with E-state index in [0.29, 0.717) is 11.3 Å². The van der Waals surface area contributed by atoms with Crippen molar-refractivity contribution < 1.29 is 14.0 Å². The molecule has 0 spiro atoms. The number of Topliss-reactive ketones (excluding diaryl/α,β-unsaturated/α-hetero) is 1. The van der Waals surface area contributed by atoms with Gasteiger partial charge in [-0.3, -0.25) is 9.59 Å². The quantitative estimate of drug-likeness (QED) is 0.830. The third kappa shape index (κ3) is 4.42. The van der Waals surface area contributed by atoms with E-state index in [9.17, 15) is 14.0 Å². The van der Waals surface area contributed by atoms with Crippen LogP contribution in [0.15, 0.2) is 48.5 Å². The van der Waals surface area contributed by atoms with Crippen LogP contribution in [0.4, 0.5) is 15.8 Å². The van der Waals surface area contributed by atoms with Crippen molar-refractivity contribution in [3.05, 3.63) is 59.9 Å². The maximum Gasteiger partial charge on any atom is 0.243 e. The fourth-order valence-corrected chi connectivity index (χ4v) is 1.74. The van der Waals surface area contributed by atoms with E-state index in [2.05, 4.69) is 10.6 Å². The fourth-order valence-electron chi connectivity index (χ4n) is 1.74. The Hall–Kier alpha value is -2.69. The first-order chi connectivity index (χ1) is 10.0. The lowest BCUT2D eigenvalue weighted by Gasteiger charge is -2.08. The van der Waals surface area contributed by atoms with Gasteiger partial charge >= 0.3 is 0 Å². The normalized spacial score (nSPS) is 10.0. The van der Waals surface area contributed by atoms with E-state index >= 15 is 0 Å². The fraction of sp³-hybridized carbons (Fsp3) is 0.125. The van der Waals surface area contributed by atoms with E-state index in [1.165, 1.54) is 31.2 Å². The summed E-state index contributed by atoms with van der Waals surface area (Å²) < 4.78 is 12.7. The highest BCUT2D eigenvalue weighted by atomic mass is 19.1. The predicted molar refractivity (Wildman–Crippen MR) is 80.0 cm³/mol. The molecule has 0 unspecified atom stereocenters. The van der Waals surface area contributed by atoms with Crippen molar-refractivity contribution in [1.29, 1.82) is 0 Å². The summed E-state index contributed by atoms with van der Waals surface area (Å²) in [6.07, 6.45) is 0. The van der Waals surface area contributed by atoms with Gasteiger partial charge in [0.05, 0.1) is 6.54 Å². The largest absolute Gasteiger partial charge is 0.376 e. The molecule has 0 aliphatic heterocycles. The van der Waals surface area contributed by atoms with Gasteiger partial charge in [-0.1, -0.05) is 0 Å². The number of rotatable bonds is 5. The van der Waals surface area contributed by atoms with Crippen molar-refractivity contribution in [2.45, 2.75) is 6.92 Å². The van der Waals surface area contributed by atoms with Gasteiger partial charge in [0.1, 0.15) is 5.82 Å². The van der Waals surface area contributed by atoms with E-state index in [-0.39, 0.29) is 24.1 Å². The first-order valence-electron chi connectivity index (χ1n) is 6.45. The molecule has 0 radical (unpaired) electrons. The molecule has 0 saturated heterocycles. The number of nitrogens with one attached hydrogen (secondary N) is 2. The zero-order valence-corrected chi connectivity index (χ0v) is 11.5. The Morgan fingerprint density at radius 3 is 2.10 bits per heavy atom. The Morgan fingerprint density at radius 2 is 1.52 bits per heavy atom. The number of amides is 1. The molecular formula is C16H15FN2O2. The van der Waals surface area contributed by atoms with Gasteiger partial charge in [0, 0.05) is 16.9 Å². The molecule has 0 aliphatic rings. The second kappa shape index (κ2) is 6.65. The summed E-state index contributed by atoms with van der Waals surface area (Å²) in [5.74, 6) is -0.593. The third-order valence-electron chi connectivity index (χ3n) is 2.87. The molecule has 0 aromatic heterocycles. The second-order valence-corrected chi connectivity index (χ2v) is 4.54. The number of hydrogen-bond acceptors (Lipinski definition) is 3. The number of hydrogen-bond donors (Lipinski definition) is 2. The van der Waals surface area contributed by atoms with Crippen LogP contribution in [0, 0.1) is 5.82 Å². The molecule has 0 atom stereocenters. The van der Waals surface area contributed by atoms with Gasteiger partial charge in [-0.05, 0) is 55.5 Å². The molecule has 5 heteroatoms. The zero-order valence-electron chi connectivity index (χ0n) is 11.5. The average molecular weight is 286 g/mol. The van der Waals surface area contributed by atoms with Gasteiger partial charge in [0.25, 0.3) is 0 Å². The minimum Gasteiger partial charge on any atom is -0.376 e. The van der Waals surface area contributed by atoms with Crippen molar-refractivity contribution in [3.8, 4) is 0 Å². The van der Waals surface area contributed by atoms with Crippen molar-refractivity contribution in [3.63, 3.8) is 0 Å². The molecule has 2 N–H and O–H groups in total. The maximum absolute atomic E-state index is 12.7. The first kappa shape index (κ1) is 14.7. The van der Waals surface area contributed by atoms with Crippen molar-refractivity contribution >= 4 is 23.1 Å². The first-order valence-corrected chi connectivity index (χ1v) is 6.45. The number of benzene rings is 2. The molecule has 0 saturated carbocycles. The van der Waals surface area contributed by atoms with Gasteiger partial charge in [0.15, 0.2) is 5.78 Å². The highest BCUT2D eigenvalue weighted by molar-refractivity contribution is 5.95. The van der Waals surface area contributed by atoms with Crippen LogP contribution in [0.5, 0.6) is 0 Å². The van der Waals surface area contributed by atoms with Crippen molar-refractivity contribution in [1.82, 2.24) is 0 Å². The minimum atomic E-state index is -0.350. The van der Waals surface area contributed by atoms with E-state index in [4.69, 9.17) is 0 Å². The van der Waals surface area contributed by atoms with E-state index in [0.717, 1.165) is 5.69 Å². The minimum absolute atomic E-state index is 0.00407. The molecule has 1 amide bonds. The number of halogens is 1. The molecule has 2 rings (SSSR count). The van der Waals surface area contributed by atoms with Gasteiger partial charge < -0.3 is 10.6 Å². The van der Waals surface area contributed by atoms with Gasteiger partial charge in [-0.15, -0.1) is 0 Å². The highest BCUT2D eigenvalue weighted by Gasteiger charge is 2.03. The molecule has 2 aromatic rings. The Balaban J connectivity index is 1.86. The summed E-state index contributed by atoms with van der Waals surface area (Å²) in [7, 11) is 0. The zero-order chi connectivity index (χ0) is 15.2. The SMILES string of the molecule is CC(=O)c1ccc(NCC(=O)Nc2ccc(F)cc2)cc1. The standard InChI is InChI=1S/C16H15FN2O2/c1-11(20)12-2-6-14(7-3-12)18-10-16(21)19-15-8-4-13(17)5-9-15/h2-9,18H,10H2,1H3,(H,19,21). The van der Waals surface area contributed by atoms with E-state index in [1.54, 1.807) is 24.3 Å². The topological polar surface area (TPSA) is 58.2 Å². The Labute approximate surface area is 122 Å². The van der Waals surface area contributed by atoms with E-state index < -0.39 is 0 Å². The van der Waals surface area contributed by atoms with E-state index in [1.807, 2.05) is 0 Å². The Kier molecular flexibility index (Phi) is 4.66. The lowest BCUT2D eigenvalue weighted by molar-refractivity contribution is -0.114. The number of carbonyl (C=O) groups is 2. The molecule has 2 aromatic carbocycles. The van der Waals surface area contributed by atoms with Crippen molar-refractivity contribution in [2.75, 3.05) is 17.2 Å². The molecule has 4 nitrogen and oxygen atoms in total. The van der Waals surface area contributed by atoms with Gasteiger partial charge in [-0.25, -0.2) is 4.39 Å². The molecular weight excluding hydrogens is 271 g/mol. The van der Waals surface area contributed by atoms with Crippen LogP contribution in [0.25, 0.3) is 0 Å². The summed E-state index contributed by atoms with van der Waals surface area (Å²) in [6, 6.07) is 12.4. The van der Waals surface area contributed by atoms with Crippen LogP contribution in [0.3, 0.4) is 0 Å². The molecule has 0 aliphatic carbocycles. The van der Waals surface area contributed by atoms with Crippen LogP contribution >= 0.6 is 0 Å². The Morgan fingerprint density at radius 1 is 0.952 bits per heavy atom. The second-order valence-electron chi connectivity index (χ2n) is 4.54. The monoisotopic (exact) mass is 286 g/mol. The van der Waals surface area contributed by atoms with Crippen LogP contribution in [-0.4, -0.2) is 18.2 Å². The molecule has 0 heterocycles. The lowest BCUT2D eigenvalue weighted by Crippen LogP contribution is -2.21. The van der Waals surface area contributed by atoms with Gasteiger partial charge in [-0.2, -0.15) is 0 Å². The summed E-state index contributed by atoms with van der Waals surface area (Å²) in [6.45, 7) is 1.58. The highest BCUT2D eigenvalue weighted by Crippen LogP contribution is 2.11. The summed E-state index contributed by atoms with van der Waals surface area (Å²) in [5.41, 5.74) is 1.90. The molecule has 21 heavy (non-hydrogen) atoms. The number of carbonyl (C=O) groups excluding carboxylic acids is 2. The number of ketones is 1. The predicted octanol–water partition coefficient (Wildman–Crippen LogP) is 3.08. The molecule has 0 fully saturated rings. The Bertz CT molecular complexity index is 636. The lowest BCUT2D eigenvalue weighted by atomic mass is 10.1. The van der Waals surface area contributed by atoms with Crippen LogP contribution < -0.4 is 10.6 Å². The summed E-state index contributed by atoms with van der Waals surface area (Å²) in [4.78, 5) is 22.9. The van der Waals surface area contributed by atoms with Crippen LogP contribution in [0.2, 0.25) is 0 Å². The smallest absolute Gasteiger partial charge is 0.243 e. The van der Waals surface area contributed by atoms with Crippen LogP contribution in [-0.2, 0) is 4.79 Å². The summed E-state index contributed by atoms with van der Waals surface area (Å²) >= 11 is 0. The van der Waals surface area contributed by atoms with Crippen molar-refractivity contribution in [2.24, 2.45) is 0 Å². The third-order valence-corrected chi connectivity index (χ3v) is 2.87. The summed E-state index contributed by atoms with van der Waals surface area (Å²) in [5, 5.41) is 5.59. The maximum atomic E-state index is 12.7. The van der Waals surface area contributed by atoms with Gasteiger partial charge in [0.2, 0.25) is 5.91 Å². The average Bonchev–Trinajstić information content (AvgIpc) is 2.48. The molecule has 108 valence electrons. The number of anilines is 2. The van der Waals surface area contributed by atoms with Crippen LogP contribution in [0.1, 0.15) is 17.3 Å². The molecule has 0 bridgehead atoms.